The summed E-state index contributed by atoms with van der Waals surface area (Å²) in [4.78, 5) is 1.44. The maximum Gasteiger partial charge on any atom is 0.0442 e. The van der Waals surface area contributed by atoms with E-state index in [0.717, 1.165) is 11.3 Å². The van der Waals surface area contributed by atoms with Gasteiger partial charge in [-0.05, 0) is 24.1 Å². The minimum absolute atomic E-state index is 1.13. The molecule has 1 radical (unpaired) electrons. The summed E-state index contributed by atoms with van der Waals surface area (Å²) < 4.78 is 0. The van der Waals surface area contributed by atoms with E-state index in [9.17, 15) is 0 Å². The van der Waals surface area contributed by atoms with Crippen LogP contribution in [0.1, 0.15) is 11.1 Å². The van der Waals surface area contributed by atoms with Gasteiger partial charge in [-0.2, -0.15) is 0 Å². The molecular formula is C9H9S2. The molecule has 0 aliphatic carbocycles. The van der Waals surface area contributed by atoms with Crippen molar-refractivity contribution < 1.29 is 0 Å². The van der Waals surface area contributed by atoms with Crippen molar-refractivity contribution in [3.63, 3.8) is 0 Å². The van der Waals surface area contributed by atoms with Crippen molar-refractivity contribution in [3.8, 4) is 0 Å². The summed E-state index contributed by atoms with van der Waals surface area (Å²) >= 11 is 3.91. The molecule has 0 atom stereocenters. The Hall–Kier alpha value is -0.0800. The van der Waals surface area contributed by atoms with E-state index in [1.165, 1.54) is 15.5 Å². The molecule has 57 valence electrons. The Labute approximate surface area is 75.8 Å². The van der Waals surface area contributed by atoms with E-state index in [0.29, 0.717) is 0 Å². The topological polar surface area (TPSA) is 0 Å². The van der Waals surface area contributed by atoms with Gasteiger partial charge in [-0.3, -0.25) is 0 Å². The minimum Gasteiger partial charge on any atom is -0.146 e. The van der Waals surface area contributed by atoms with E-state index in [2.05, 4.69) is 25.1 Å². The lowest BCUT2D eigenvalue weighted by molar-refractivity contribution is 1.25. The second kappa shape index (κ2) is 3.11. The van der Waals surface area contributed by atoms with Gasteiger partial charge in [-0.15, -0.1) is 23.5 Å². The summed E-state index contributed by atoms with van der Waals surface area (Å²) in [5.41, 5.74) is 2.59. The van der Waals surface area contributed by atoms with Crippen LogP contribution in [-0.4, -0.2) is 5.08 Å². The summed E-state index contributed by atoms with van der Waals surface area (Å²) in [6.07, 6.45) is 0. The molecule has 0 unspecified atom stereocenters. The number of benzene rings is 1. The highest BCUT2D eigenvalue weighted by atomic mass is 32.2. The zero-order chi connectivity index (χ0) is 7.68. The normalized spacial score (nSPS) is 16.1. The molecule has 0 amide bonds. The van der Waals surface area contributed by atoms with Gasteiger partial charge in [0, 0.05) is 15.7 Å². The molecular weight excluding hydrogens is 172 g/mol. The average Bonchev–Trinajstić information content (AvgIpc) is 2.04. The number of rotatable bonds is 0. The van der Waals surface area contributed by atoms with E-state index < -0.39 is 0 Å². The Morgan fingerprint density at radius 1 is 1.36 bits per heavy atom. The fourth-order valence-corrected chi connectivity index (χ4v) is 3.35. The Morgan fingerprint density at radius 3 is 3.18 bits per heavy atom. The first-order valence-electron chi connectivity index (χ1n) is 3.52. The number of fused-ring (bicyclic) bond motifs is 1. The minimum atomic E-state index is 1.13. The van der Waals surface area contributed by atoms with Gasteiger partial charge in [0.05, 0.1) is 0 Å². The first kappa shape index (κ1) is 7.56. The predicted molar refractivity (Wildman–Crippen MR) is 52.9 cm³/mol. The van der Waals surface area contributed by atoms with Gasteiger partial charge < -0.3 is 0 Å². The maximum atomic E-state index is 3.91. The third kappa shape index (κ3) is 1.57. The Balaban J connectivity index is 2.43. The van der Waals surface area contributed by atoms with Crippen molar-refractivity contribution in [2.24, 2.45) is 0 Å². The number of hydrogen-bond acceptors (Lipinski definition) is 2. The van der Waals surface area contributed by atoms with Gasteiger partial charge >= 0.3 is 0 Å². The quantitative estimate of drug-likeness (QED) is 0.603. The standard InChI is InChI=1S/C9H9S2/c1-7-2-3-9-8(4-7)5-10-6-11-9/h2-4H,1,5-6H2. The van der Waals surface area contributed by atoms with Crippen molar-refractivity contribution in [2.45, 2.75) is 10.6 Å². The molecule has 0 saturated heterocycles. The lowest BCUT2D eigenvalue weighted by Gasteiger charge is -2.14. The fraction of sp³-hybridized carbons (Fsp3) is 0.222. The zero-order valence-corrected chi connectivity index (χ0v) is 7.80. The Morgan fingerprint density at radius 2 is 2.27 bits per heavy atom. The van der Waals surface area contributed by atoms with Gasteiger partial charge in [0.2, 0.25) is 0 Å². The summed E-state index contributed by atoms with van der Waals surface area (Å²) in [6, 6.07) is 6.46. The number of thioether (sulfide) groups is 2. The van der Waals surface area contributed by atoms with Gasteiger partial charge in [0.25, 0.3) is 0 Å². The van der Waals surface area contributed by atoms with E-state index in [-0.39, 0.29) is 0 Å². The molecule has 1 aromatic rings. The highest BCUT2D eigenvalue weighted by Crippen LogP contribution is 2.35. The second-order valence-electron chi connectivity index (χ2n) is 2.55. The van der Waals surface area contributed by atoms with Crippen molar-refractivity contribution in [3.05, 3.63) is 36.2 Å². The van der Waals surface area contributed by atoms with Crippen LogP contribution in [0.3, 0.4) is 0 Å². The van der Waals surface area contributed by atoms with Gasteiger partial charge in [-0.25, -0.2) is 0 Å². The summed E-state index contributed by atoms with van der Waals surface area (Å²) in [5, 5.41) is 1.20. The lowest BCUT2D eigenvalue weighted by atomic mass is 10.2. The van der Waals surface area contributed by atoms with Crippen molar-refractivity contribution >= 4 is 23.5 Å². The SMILES string of the molecule is [CH2]c1ccc2c(c1)CSCS2. The number of hydrogen-bond donors (Lipinski definition) is 0. The highest BCUT2D eigenvalue weighted by molar-refractivity contribution is 8.16. The first-order chi connectivity index (χ1) is 5.36. The van der Waals surface area contributed by atoms with Crippen molar-refractivity contribution in [1.29, 1.82) is 0 Å². The molecule has 0 nitrogen and oxygen atoms in total. The van der Waals surface area contributed by atoms with Crippen LogP contribution in [0.15, 0.2) is 23.1 Å². The molecule has 0 bridgehead atoms. The summed E-state index contributed by atoms with van der Waals surface area (Å²) in [6.45, 7) is 3.91. The van der Waals surface area contributed by atoms with E-state index in [1.807, 2.05) is 23.5 Å². The van der Waals surface area contributed by atoms with Crippen LogP contribution in [-0.2, 0) is 5.75 Å². The van der Waals surface area contributed by atoms with Crippen LogP contribution in [0.25, 0.3) is 0 Å². The molecule has 0 fully saturated rings. The average molecular weight is 181 g/mol. The highest BCUT2D eigenvalue weighted by Gasteiger charge is 2.08. The zero-order valence-electron chi connectivity index (χ0n) is 6.17. The van der Waals surface area contributed by atoms with Crippen molar-refractivity contribution in [1.82, 2.24) is 0 Å². The predicted octanol–water partition coefficient (Wildman–Crippen LogP) is 3.17. The maximum absolute atomic E-state index is 3.91. The third-order valence-electron chi connectivity index (χ3n) is 1.68. The van der Waals surface area contributed by atoms with E-state index in [1.54, 1.807) is 0 Å². The van der Waals surface area contributed by atoms with Crippen LogP contribution < -0.4 is 0 Å². The monoisotopic (exact) mass is 181 g/mol. The molecule has 1 aliphatic heterocycles. The van der Waals surface area contributed by atoms with Gasteiger partial charge in [-0.1, -0.05) is 12.1 Å². The van der Waals surface area contributed by atoms with Crippen LogP contribution in [0, 0.1) is 6.92 Å². The molecule has 1 aromatic carbocycles. The fourth-order valence-electron chi connectivity index (χ4n) is 1.14. The van der Waals surface area contributed by atoms with Crippen LogP contribution in [0.5, 0.6) is 0 Å². The molecule has 0 N–H and O–H groups in total. The first-order valence-corrected chi connectivity index (χ1v) is 5.66. The van der Waals surface area contributed by atoms with E-state index in [4.69, 9.17) is 0 Å². The van der Waals surface area contributed by atoms with Crippen molar-refractivity contribution in [2.75, 3.05) is 5.08 Å². The Bertz CT molecular complexity index is 268. The second-order valence-corrected chi connectivity index (χ2v) is 4.92. The molecule has 1 heterocycles. The molecule has 0 saturated carbocycles. The molecule has 0 spiro atoms. The lowest BCUT2D eigenvalue weighted by Crippen LogP contribution is -1.92. The smallest absolute Gasteiger partial charge is 0.0442 e. The summed E-state index contributed by atoms with van der Waals surface area (Å²) in [5.74, 6) is 1.16. The molecule has 1 aliphatic rings. The molecule has 0 aromatic heterocycles. The Kier molecular flexibility index (Phi) is 2.14. The molecule has 11 heavy (non-hydrogen) atoms. The molecule has 2 rings (SSSR count). The van der Waals surface area contributed by atoms with Crippen LogP contribution in [0.4, 0.5) is 0 Å². The van der Waals surface area contributed by atoms with Crippen LogP contribution >= 0.6 is 23.5 Å². The van der Waals surface area contributed by atoms with E-state index >= 15 is 0 Å². The van der Waals surface area contributed by atoms with Gasteiger partial charge in [0.15, 0.2) is 0 Å². The van der Waals surface area contributed by atoms with Gasteiger partial charge in [0.1, 0.15) is 0 Å². The van der Waals surface area contributed by atoms with Crippen LogP contribution in [0.2, 0.25) is 0 Å². The summed E-state index contributed by atoms with van der Waals surface area (Å²) in [7, 11) is 0. The molecule has 2 heteroatoms. The largest absolute Gasteiger partial charge is 0.146 e. The third-order valence-corrected chi connectivity index (χ3v) is 4.04.